The number of rotatable bonds is 12. The monoisotopic (exact) mass is 655 g/mol. The molecule has 8 nitrogen and oxygen atoms in total. The van der Waals surface area contributed by atoms with Crippen LogP contribution in [0, 0.1) is 0 Å². The summed E-state index contributed by atoms with van der Waals surface area (Å²) in [5.41, 5.74) is 3.06. The van der Waals surface area contributed by atoms with Gasteiger partial charge >= 0.3 is 5.97 Å². The molecule has 0 aliphatic heterocycles. The number of carboxylic acid groups (broad SMARTS) is 1. The second-order valence-corrected chi connectivity index (χ2v) is 12.4. The fraction of sp³-hybridized carbons (Fsp3) is 0.167. The van der Waals surface area contributed by atoms with Crippen LogP contribution in [0.15, 0.2) is 108 Å². The van der Waals surface area contributed by atoms with Crippen LogP contribution in [-0.2, 0) is 9.59 Å². The Kier molecular flexibility index (Phi) is 11.8. The molecule has 0 saturated heterocycles. The molecule has 4 aromatic carbocycles. The molecule has 0 spiro atoms. The molecule has 0 aliphatic rings. The summed E-state index contributed by atoms with van der Waals surface area (Å²) in [5, 5.41) is 17.3. The van der Waals surface area contributed by atoms with Crippen molar-refractivity contribution in [3.63, 3.8) is 0 Å². The van der Waals surface area contributed by atoms with E-state index in [0.29, 0.717) is 28.5 Å². The van der Waals surface area contributed by atoms with E-state index in [4.69, 9.17) is 11.6 Å². The lowest BCUT2D eigenvalue weighted by molar-refractivity contribution is -0.116. The number of carbonyl (C=O) groups is 4. The van der Waals surface area contributed by atoms with Crippen LogP contribution in [0.5, 0.6) is 0 Å². The molecule has 0 aromatic heterocycles. The highest BCUT2D eigenvalue weighted by atomic mass is 35.5. The smallest absolute Gasteiger partial charge is 0.335 e. The Labute approximate surface area is 277 Å². The molecule has 0 radical (unpaired) electrons. The van der Waals surface area contributed by atoms with Gasteiger partial charge in [-0.05, 0) is 78.1 Å². The lowest BCUT2D eigenvalue weighted by Crippen LogP contribution is -2.30. The van der Waals surface area contributed by atoms with Gasteiger partial charge in [-0.2, -0.15) is 0 Å². The molecule has 10 heteroatoms. The quantitative estimate of drug-likeness (QED) is 0.0903. The van der Waals surface area contributed by atoms with Gasteiger partial charge < -0.3 is 21.1 Å². The number of carboxylic acids is 1. The maximum absolute atomic E-state index is 13.5. The van der Waals surface area contributed by atoms with Gasteiger partial charge in [-0.15, -0.1) is 11.8 Å². The maximum atomic E-state index is 13.5. The zero-order valence-corrected chi connectivity index (χ0v) is 27.1. The van der Waals surface area contributed by atoms with Gasteiger partial charge in [0.15, 0.2) is 0 Å². The van der Waals surface area contributed by atoms with Crippen molar-refractivity contribution in [2.75, 3.05) is 10.6 Å². The summed E-state index contributed by atoms with van der Waals surface area (Å²) < 4.78 is 0. The van der Waals surface area contributed by atoms with Gasteiger partial charge in [-0.25, -0.2) is 4.79 Å². The molecule has 1 unspecified atom stereocenters. The number of hydrogen-bond donors (Lipinski definition) is 4. The number of anilines is 2. The second-order valence-electron chi connectivity index (χ2n) is 10.7. The van der Waals surface area contributed by atoms with Gasteiger partial charge in [-0.1, -0.05) is 80.9 Å². The van der Waals surface area contributed by atoms with Crippen LogP contribution in [0.25, 0.3) is 6.08 Å². The number of aromatic carboxylic acids is 1. The number of carbonyl (C=O) groups excluding carboxylic acids is 3. The van der Waals surface area contributed by atoms with Crippen LogP contribution in [0.3, 0.4) is 0 Å². The van der Waals surface area contributed by atoms with E-state index in [9.17, 15) is 24.3 Å². The molecule has 3 amide bonds. The highest BCUT2D eigenvalue weighted by Gasteiger charge is 2.21. The fourth-order valence-electron chi connectivity index (χ4n) is 4.39. The van der Waals surface area contributed by atoms with Crippen LogP contribution >= 0.6 is 23.4 Å². The third kappa shape index (κ3) is 9.32. The van der Waals surface area contributed by atoms with Gasteiger partial charge in [0, 0.05) is 16.1 Å². The Morgan fingerprint density at radius 1 is 0.848 bits per heavy atom. The van der Waals surface area contributed by atoms with E-state index in [-0.39, 0.29) is 27.9 Å². The normalized spacial score (nSPS) is 11.9. The molecule has 236 valence electrons. The van der Waals surface area contributed by atoms with Crippen molar-refractivity contribution in [1.82, 2.24) is 5.32 Å². The van der Waals surface area contributed by atoms with E-state index in [1.165, 1.54) is 30.0 Å². The number of hydrogen-bond acceptors (Lipinski definition) is 5. The summed E-state index contributed by atoms with van der Waals surface area (Å²) in [4.78, 5) is 51.8. The Morgan fingerprint density at radius 3 is 2.22 bits per heavy atom. The predicted molar refractivity (Wildman–Crippen MR) is 184 cm³/mol. The lowest BCUT2D eigenvalue weighted by Gasteiger charge is -2.17. The Bertz CT molecular complexity index is 1760. The summed E-state index contributed by atoms with van der Waals surface area (Å²) >= 11 is 7.49. The largest absolute Gasteiger partial charge is 0.478 e. The molecule has 0 saturated carbocycles. The van der Waals surface area contributed by atoms with Gasteiger partial charge in [0.1, 0.15) is 5.70 Å². The standard InChI is InChI=1S/C36H34ClN3O5S/c1-4-32(35(43)39-30-20-26(36(44)45)17-18-29(30)37)46-28-12-8-11-27(21-28)38-34(42)31(40-33(41)25-9-6-5-7-10-25)19-23-13-15-24(16-14-23)22(2)3/h5-22,32H,4H2,1-3H3,(H,38,42)(H,39,43)(H,40,41)(H,44,45)/b31-19+. The van der Waals surface area contributed by atoms with Crippen molar-refractivity contribution < 1.29 is 24.3 Å². The van der Waals surface area contributed by atoms with Crippen LogP contribution in [0.4, 0.5) is 11.4 Å². The second kappa shape index (κ2) is 15.9. The Morgan fingerprint density at radius 2 is 1.57 bits per heavy atom. The van der Waals surface area contributed by atoms with Gasteiger partial charge in [0.2, 0.25) is 5.91 Å². The van der Waals surface area contributed by atoms with Gasteiger partial charge in [0.25, 0.3) is 11.8 Å². The minimum absolute atomic E-state index is 0.00444. The summed E-state index contributed by atoms with van der Waals surface area (Å²) in [5.74, 6) is -2.06. The molecule has 0 aliphatic carbocycles. The maximum Gasteiger partial charge on any atom is 0.335 e. The number of benzene rings is 4. The fourth-order valence-corrected chi connectivity index (χ4v) is 5.56. The zero-order chi connectivity index (χ0) is 33.2. The third-order valence-electron chi connectivity index (χ3n) is 6.95. The first-order valence-electron chi connectivity index (χ1n) is 14.6. The zero-order valence-electron chi connectivity index (χ0n) is 25.5. The molecular formula is C36H34ClN3O5S. The topological polar surface area (TPSA) is 125 Å². The van der Waals surface area contributed by atoms with Crippen molar-refractivity contribution in [3.05, 3.63) is 130 Å². The number of amides is 3. The average molecular weight is 656 g/mol. The van der Waals surface area contributed by atoms with Crippen molar-refractivity contribution in [3.8, 4) is 0 Å². The van der Waals surface area contributed by atoms with E-state index in [2.05, 4.69) is 29.8 Å². The Hall–Kier alpha value is -4.86. The third-order valence-corrected chi connectivity index (χ3v) is 8.64. The van der Waals surface area contributed by atoms with Crippen LogP contribution in [-0.4, -0.2) is 34.0 Å². The molecule has 4 N–H and O–H groups in total. The number of thioether (sulfide) groups is 1. The molecule has 46 heavy (non-hydrogen) atoms. The van der Waals surface area contributed by atoms with Crippen molar-refractivity contribution in [1.29, 1.82) is 0 Å². The molecule has 4 aromatic rings. The highest BCUT2D eigenvalue weighted by molar-refractivity contribution is 8.00. The van der Waals surface area contributed by atoms with Crippen LogP contribution in [0.2, 0.25) is 5.02 Å². The summed E-state index contributed by atoms with van der Waals surface area (Å²) in [6.07, 6.45) is 2.10. The minimum Gasteiger partial charge on any atom is -0.478 e. The summed E-state index contributed by atoms with van der Waals surface area (Å²) in [7, 11) is 0. The first-order chi connectivity index (χ1) is 22.0. The first kappa shape index (κ1) is 34.0. The lowest BCUT2D eigenvalue weighted by atomic mass is 10.0. The van der Waals surface area contributed by atoms with E-state index in [1.54, 1.807) is 54.6 Å². The SMILES string of the molecule is CCC(Sc1cccc(NC(=O)/C(=C\c2ccc(C(C)C)cc2)NC(=O)c2ccccc2)c1)C(=O)Nc1cc(C(=O)O)ccc1Cl. The van der Waals surface area contributed by atoms with Gasteiger partial charge in [-0.3, -0.25) is 14.4 Å². The first-order valence-corrected chi connectivity index (χ1v) is 15.9. The molecule has 4 rings (SSSR count). The predicted octanol–water partition coefficient (Wildman–Crippen LogP) is 8.08. The minimum atomic E-state index is -1.13. The van der Waals surface area contributed by atoms with Gasteiger partial charge in [0.05, 0.1) is 21.5 Å². The van der Waals surface area contributed by atoms with E-state index in [0.717, 1.165) is 11.1 Å². The molecule has 0 heterocycles. The van der Waals surface area contributed by atoms with Crippen molar-refractivity contribution >= 4 is 64.5 Å². The summed E-state index contributed by atoms with van der Waals surface area (Å²) in [6.45, 7) is 6.06. The number of halogens is 1. The van der Waals surface area contributed by atoms with Crippen LogP contribution in [0.1, 0.15) is 65.0 Å². The molecule has 0 bridgehead atoms. The molecule has 1 atom stereocenters. The molecular weight excluding hydrogens is 622 g/mol. The number of nitrogens with one attached hydrogen (secondary N) is 3. The van der Waals surface area contributed by atoms with E-state index >= 15 is 0 Å². The van der Waals surface area contributed by atoms with Crippen molar-refractivity contribution in [2.24, 2.45) is 0 Å². The highest BCUT2D eigenvalue weighted by Crippen LogP contribution is 2.30. The van der Waals surface area contributed by atoms with Crippen LogP contribution < -0.4 is 16.0 Å². The van der Waals surface area contributed by atoms with E-state index in [1.807, 2.05) is 37.3 Å². The molecule has 0 fully saturated rings. The summed E-state index contributed by atoms with van der Waals surface area (Å²) in [6, 6.07) is 27.5. The Balaban J connectivity index is 1.51. The average Bonchev–Trinajstić information content (AvgIpc) is 3.04. The van der Waals surface area contributed by atoms with E-state index < -0.39 is 23.0 Å². The van der Waals surface area contributed by atoms with Crippen molar-refractivity contribution in [2.45, 2.75) is 43.3 Å².